The number of hydrogen-bond donors (Lipinski definition) is 0. The van der Waals surface area contributed by atoms with Crippen molar-refractivity contribution in [2.24, 2.45) is 11.8 Å². The summed E-state index contributed by atoms with van der Waals surface area (Å²) in [5, 5.41) is 0. The van der Waals surface area contributed by atoms with Crippen LogP contribution in [0.15, 0.2) is 30.3 Å². The Balaban J connectivity index is 1.80. The van der Waals surface area contributed by atoms with Gasteiger partial charge in [0.15, 0.2) is 0 Å². The Morgan fingerprint density at radius 3 is 2.62 bits per heavy atom. The fraction of sp³-hybridized carbons (Fsp3) is 0.611. The number of carbonyl (C=O) groups is 1. The smallest absolute Gasteiger partial charge is 0.323 e. The molecule has 3 nitrogen and oxygen atoms in total. The molecule has 3 atom stereocenters. The molecule has 114 valence electrons. The third-order valence-corrected chi connectivity index (χ3v) is 5.02. The number of hydrogen-bond acceptors (Lipinski definition) is 3. The van der Waals surface area contributed by atoms with Crippen LogP contribution in [0.4, 0.5) is 0 Å². The molecule has 1 aliphatic carbocycles. The minimum Gasteiger partial charge on any atom is -0.465 e. The highest BCUT2D eigenvalue weighted by atomic mass is 16.5. The van der Waals surface area contributed by atoms with Crippen LogP contribution in [-0.2, 0) is 9.53 Å². The van der Waals surface area contributed by atoms with E-state index in [4.69, 9.17) is 4.74 Å². The van der Waals surface area contributed by atoms with Crippen molar-refractivity contribution in [3.63, 3.8) is 0 Å². The lowest BCUT2D eigenvalue weighted by Crippen LogP contribution is -2.42. The molecule has 0 N–H and O–H groups in total. The van der Waals surface area contributed by atoms with Crippen molar-refractivity contribution in [1.82, 2.24) is 4.90 Å². The van der Waals surface area contributed by atoms with Gasteiger partial charge in [-0.25, -0.2) is 0 Å². The van der Waals surface area contributed by atoms with Crippen molar-refractivity contribution in [3.05, 3.63) is 35.9 Å². The average molecular weight is 287 g/mol. The van der Waals surface area contributed by atoms with E-state index in [2.05, 4.69) is 36.1 Å². The van der Waals surface area contributed by atoms with Gasteiger partial charge < -0.3 is 4.74 Å². The lowest BCUT2D eigenvalue weighted by Gasteiger charge is -2.31. The largest absolute Gasteiger partial charge is 0.465 e. The zero-order chi connectivity index (χ0) is 14.8. The number of ether oxygens (including phenoxy) is 1. The normalized spacial score (nSPS) is 27.5. The van der Waals surface area contributed by atoms with Gasteiger partial charge in [0.1, 0.15) is 6.04 Å². The quantitative estimate of drug-likeness (QED) is 0.777. The summed E-state index contributed by atoms with van der Waals surface area (Å²) in [7, 11) is 0. The lowest BCUT2D eigenvalue weighted by atomic mass is 9.94. The van der Waals surface area contributed by atoms with Crippen molar-refractivity contribution in [2.75, 3.05) is 13.2 Å². The van der Waals surface area contributed by atoms with E-state index in [1.165, 1.54) is 18.4 Å². The SMILES string of the molecule is CCOC(=O)C1C(C2CC2)CCN1[C@@H](C)c1ccccc1. The van der Waals surface area contributed by atoms with E-state index in [9.17, 15) is 4.79 Å². The molecule has 2 unspecified atom stereocenters. The molecule has 21 heavy (non-hydrogen) atoms. The van der Waals surface area contributed by atoms with E-state index in [1.807, 2.05) is 13.0 Å². The minimum atomic E-state index is -0.0485. The van der Waals surface area contributed by atoms with Crippen LogP contribution in [0.5, 0.6) is 0 Å². The van der Waals surface area contributed by atoms with Gasteiger partial charge in [0, 0.05) is 6.04 Å². The Kier molecular flexibility index (Phi) is 4.29. The first kappa shape index (κ1) is 14.6. The lowest BCUT2D eigenvalue weighted by molar-refractivity contribution is -0.151. The fourth-order valence-corrected chi connectivity index (χ4v) is 3.75. The van der Waals surface area contributed by atoms with E-state index in [-0.39, 0.29) is 18.1 Å². The number of benzene rings is 1. The summed E-state index contributed by atoms with van der Waals surface area (Å²) >= 11 is 0. The molecule has 0 bridgehead atoms. The van der Waals surface area contributed by atoms with E-state index >= 15 is 0 Å². The molecule has 1 saturated heterocycles. The first-order valence-corrected chi connectivity index (χ1v) is 8.19. The van der Waals surface area contributed by atoms with Crippen LogP contribution in [0.3, 0.4) is 0 Å². The van der Waals surface area contributed by atoms with Crippen LogP contribution in [-0.4, -0.2) is 30.1 Å². The maximum absolute atomic E-state index is 12.5. The summed E-state index contributed by atoms with van der Waals surface area (Å²) in [6, 6.07) is 10.7. The summed E-state index contributed by atoms with van der Waals surface area (Å²) < 4.78 is 5.37. The Morgan fingerprint density at radius 2 is 2.00 bits per heavy atom. The van der Waals surface area contributed by atoms with Crippen LogP contribution >= 0.6 is 0 Å². The van der Waals surface area contributed by atoms with Gasteiger partial charge in [-0.05, 0) is 57.1 Å². The van der Waals surface area contributed by atoms with E-state index in [0.29, 0.717) is 12.5 Å². The van der Waals surface area contributed by atoms with Gasteiger partial charge in [0.25, 0.3) is 0 Å². The molecule has 3 heteroatoms. The Labute approximate surface area is 127 Å². The molecule has 2 aliphatic rings. The minimum absolute atomic E-state index is 0.0188. The Bertz CT molecular complexity index is 483. The maximum atomic E-state index is 12.5. The molecular weight excluding hydrogens is 262 g/mol. The maximum Gasteiger partial charge on any atom is 0.323 e. The highest BCUT2D eigenvalue weighted by Gasteiger charge is 2.48. The van der Waals surface area contributed by atoms with Gasteiger partial charge in [-0.3, -0.25) is 9.69 Å². The topological polar surface area (TPSA) is 29.5 Å². The average Bonchev–Trinajstić information content (AvgIpc) is 3.26. The van der Waals surface area contributed by atoms with Crippen molar-refractivity contribution in [1.29, 1.82) is 0 Å². The molecule has 2 fully saturated rings. The molecule has 1 saturated carbocycles. The summed E-state index contributed by atoms with van der Waals surface area (Å²) in [5.74, 6) is 1.22. The molecule has 0 spiro atoms. The number of rotatable bonds is 5. The second-order valence-corrected chi connectivity index (χ2v) is 6.31. The molecule has 0 aromatic heterocycles. The van der Waals surface area contributed by atoms with Gasteiger partial charge in [-0.2, -0.15) is 0 Å². The first-order chi connectivity index (χ1) is 10.2. The number of esters is 1. The van der Waals surface area contributed by atoms with E-state index < -0.39 is 0 Å². The molecule has 1 heterocycles. The predicted octanol–water partition coefficient (Wildman–Crippen LogP) is 3.41. The highest BCUT2D eigenvalue weighted by molar-refractivity contribution is 5.77. The van der Waals surface area contributed by atoms with E-state index in [1.54, 1.807) is 0 Å². The van der Waals surface area contributed by atoms with Crippen molar-refractivity contribution >= 4 is 5.97 Å². The van der Waals surface area contributed by atoms with Gasteiger partial charge in [0.2, 0.25) is 0 Å². The van der Waals surface area contributed by atoms with Gasteiger partial charge >= 0.3 is 5.97 Å². The number of nitrogens with zero attached hydrogens (tertiary/aromatic N) is 1. The molecule has 0 radical (unpaired) electrons. The molecule has 0 amide bonds. The zero-order valence-electron chi connectivity index (χ0n) is 13.0. The van der Waals surface area contributed by atoms with Gasteiger partial charge in [-0.1, -0.05) is 30.3 Å². The fourth-order valence-electron chi connectivity index (χ4n) is 3.75. The highest BCUT2D eigenvalue weighted by Crippen LogP contribution is 2.46. The summed E-state index contributed by atoms with van der Waals surface area (Å²) in [6.45, 7) is 5.57. The summed E-state index contributed by atoms with van der Waals surface area (Å²) in [5.41, 5.74) is 1.28. The molecular formula is C18H25NO2. The summed E-state index contributed by atoms with van der Waals surface area (Å²) in [4.78, 5) is 14.8. The van der Waals surface area contributed by atoms with Crippen molar-refractivity contribution < 1.29 is 9.53 Å². The zero-order valence-corrected chi connectivity index (χ0v) is 13.0. The van der Waals surface area contributed by atoms with Crippen LogP contribution < -0.4 is 0 Å². The van der Waals surface area contributed by atoms with Crippen LogP contribution in [0, 0.1) is 11.8 Å². The molecule has 3 rings (SSSR count). The second-order valence-electron chi connectivity index (χ2n) is 6.31. The second kappa shape index (κ2) is 6.18. The van der Waals surface area contributed by atoms with Crippen molar-refractivity contribution in [3.8, 4) is 0 Å². The molecule has 1 aromatic rings. The Morgan fingerprint density at radius 1 is 1.29 bits per heavy atom. The van der Waals surface area contributed by atoms with Gasteiger partial charge in [0.05, 0.1) is 6.61 Å². The number of likely N-dealkylation sites (tertiary alicyclic amines) is 1. The third kappa shape index (κ3) is 2.98. The monoisotopic (exact) mass is 287 g/mol. The predicted molar refractivity (Wildman–Crippen MR) is 82.8 cm³/mol. The third-order valence-electron chi connectivity index (χ3n) is 5.02. The van der Waals surface area contributed by atoms with Crippen LogP contribution in [0.1, 0.15) is 44.7 Å². The molecule has 1 aromatic carbocycles. The standard InChI is InChI=1S/C18H25NO2/c1-3-21-18(20)17-16(15-9-10-15)11-12-19(17)13(2)14-7-5-4-6-8-14/h4-8,13,15-17H,3,9-12H2,1-2H3/t13-,16?,17?/m0/s1. The van der Waals surface area contributed by atoms with Gasteiger partial charge in [-0.15, -0.1) is 0 Å². The number of carbonyl (C=O) groups excluding carboxylic acids is 1. The van der Waals surface area contributed by atoms with Crippen molar-refractivity contribution in [2.45, 2.75) is 45.2 Å². The van der Waals surface area contributed by atoms with Crippen LogP contribution in [0.2, 0.25) is 0 Å². The summed E-state index contributed by atoms with van der Waals surface area (Å²) in [6.07, 6.45) is 3.70. The first-order valence-electron chi connectivity index (χ1n) is 8.19. The van der Waals surface area contributed by atoms with E-state index in [0.717, 1.165) is 18.9 Å². The van der Waals surface area contributed by atoms with Crippen LogP contribution in [0.25, 0.3) is 0 Å². The Hall–Kier alpha value is -1.35. The molecule has 1 aliphatic heterocycles.